The highest BCUT2D eigenvalue weighted by Gasteiger charge is 2.50. The second-order valence-electron chi connectivity index (χ2n) is 33.2. The molecule has 5 aliphatic heterocycles. The molecular formula is C66H122N8O10. The standard InChI is InChI=1S/C66H122N8O10/c1-45(38-72(40-52(75)80-47-28-57(3,4)67(23)58(5,6)29-47)41-53(76)81-48-30-59(7,8)68(24)60(9,10)31-48)73(42-54(77)82-49-32-61(11,12)69(25)62(13,14)33-49)39-46(2)74(43-55(78)83-50-34-63(15,16)70(26)64(17,18)35-50)44-56(79)84-51-36-65(19,20)71(27)66(21,22)37-51/h45-51H,28-44H2,1-27H3. The highest BCUT2D eigenvalue weighted by atomic mass is 16.6. The molecule has 2 unspecified atom stereocenters. The lowest BCUT2D eigenvalue weighted by Crippen LogP contribution is -2.61. The number of carbonyl (C=O) groups is 5. The fraction of sp³-hybridized carbons (Fsp3) is 0.924. The van der Waals surface area contributed by atoms with Crippen molar-refractivity contribution < 1.29 is 47.7 Å². The van der Waals surface area contributed by atoms with Crippen LogP contribution in [-0.2, 0) is 47.7 Å². The lowest BCUT2D eigenvalue weighted by molar-refractivity contribution is -0.166. The summed E-state index contributed by atoms with van der Waals surface area (Å²) in [7, 11) is 10.6. The first kappa shape index (κ1) is 71.8. The van der Waals surface area contributed by atoms with E-state index in [1.807, 2.05) is 23.6 Å². The number of likely N-dealkylation sites (tertiary alicyclic amines) is 5. The predicted octanol–water partition coefficient (Wildman–Crippen LogP) is 8.64. The van der Waals surface area contributed by atoms with E-state index in [2.05, 4.69) is 198 Å². The maximum absolute atomic E-state index is 14.7. The molecule has 5 saturated heterocycles. The van der Waals surface area contributed by atoms with E-state index in [0.717, 1.165) is 0 Å². The number of hydrogen-bond acceptors (Lipinski definition) is 18. The van der Waals surface area contributed by atoms with E-state index in [1.54, 1.807) is 4.90 Å². The molecule has 0 saturated carbocycles. The van der Waals surface area contributed by atoms with Gasteiger partial charge in [0.15, 0.2) is 0 Å². The average molecular weight is 1190 g/mol. The number of ether oxygens (including phenoxy) is 5. The highest BCUT2D eigenvalue weighted by molar-refractivity contribution is 5.76. The van der Waals surface area contributed by atoms with Crippen molar-refractivity contribution in [3.8, 4) is 0 Å². The maximum atomic E-state index is 14.7. The van der Waals surface area contributed by atoms with Crippen molar-refractivity contribution in [3.05, 3.63) is 0 Å². The van der Waals surface area contributed by atoms with Gasteiger partial charge in [0, 0.05) is 145 Å². The molecule has 2 atom stereocenters. The van der Waals surface area contributed by atoms with E-state index in [-0.39, 0.29) is 132 Å². The van der Waals surface area contributed by atoms with E-state index in [9.17, 15) is 24.0 Å². The molecule has 84 heavy (non-hydrogen) atoms. The van der Waals surface area contributed by atoms with Gasteiger partial charge in [0.1, 0.15) is 30.5 Å². The minimum Gasteiger partial charge on any atom is -0.461 e. The smallest absolute Gasteiger partial charge is 0.320 e. The van der Waals surface area contributed by atoms with Gasteiger partial charge in [-0.15, -0.1) is 0 Å². The summed E-state index contributed by atoms with van der Waals surface area (Å²) in [4.78, 5) is 89.6. The summed E-state index contributed by atoms with van der Waals surface area (Å²) in [6.45, 7) is 46.8. The fourth-order valence-corrected chi connectivity index (χ4v) is 15.7. The quantitative estimate of drug-likeness (QED) is 0.0794. The number of esters is 5. The molecule has 0 radical (unpaired) electrons. The van der Waals surface area contributed by atoms with Crippen LogP contribution >= 0.6 is 0 Å². The van der Waals surface area contributed by atoms with Gasteiger partial charge in [0.2, 0.25) is 0 Å². The highest BCUT2D eigenvalue weighted by Crippen LogP contribution is 2.43. The Morgan fingerprint density at radius 1 is 0.310 bits per heavy atom. The van der Waals surface area contributed by atoms with Crippen LogP contribution < -0.4 is 0 Å². The van der Waals surface area contributed by atoms with Crippen molar-refractivity contribution in [1.82, 2.24) is 39.2 Å². The molecule has 0 bridgehead atoms. The lowest BCUT2D eigenvalue weighted by atomic mass is 9.78. The van der Waals surface area contributed by atoms with E-state index in [4.69, 9.17) is 23.7 Å². The summed E-state index contributed by atoms with van der Waals surface area (Å²) < 4.78 is 31.9. The fourth-order valence-electron chi connectivity index (χ4n) is 15.7. The van der Waals surface area contributed by atoms with Gasteiger partial charge in [-0.1, -0.05) is 0 Å². The first-order chi connectivity index (χ1) is 37.9. The van der Waals surface area contributed by atoms with Crippen molar-refractivity contribution in [1.29, 1.82) is 0 Å². The molecule has 18 nitrogen and oxygen atoms in total. The van der Waals surface area contributed by atoms with Crippen LogP contribution in [0.1, 0.15) is 217 Å². The van der Waals surface area contributed by atoms with Gasteiger partial charge in [0.25, 0.3) is 0 Å². The molecular weight excluding hydrogens is 1060 g/mol. The van der Waals surface area contributed by atoms with Crippen LogP contribution in [0.5, 0.6) is 0 Å². The number of hydrogen-bond donors (Lipinski definition) is 0. The average Bonchev–Trinajstić information content (AvgIpc) is 2.83. The van der Waals surface area contributed by atoms with Crippen molar-refractivity contribution in [2.24, 2.45) is 0 Å². The molecule has 0 amide bonds. The zero-order chi connectivity index (χ0) is 64.1. The Morgan fingerprint density at radius 3 is 0.679 bits per heavy atom. The van der Waals surface area contributed by atoms with E-state index < -0.39 is 41.9 Å². The molecule has 18 heteroatoms. The molecule has 0 aromatic heterocycles. The zero-order valence-electron chi connectivity index (χ0n) is 58.2. The van der Waals surface area contributed by atoms with E-state index >= 15 is 0 Å². The Bertz CT molecular complexity index is 2110. The number of piperidine rings is 5. The Kier molecular flexibility index (Phi) is 22.1. The van der Waals surface area contributed by atoms with Gasteiger partial charge in [0.05, 0.1) is 32.7 Å². The SMILES string of the molecule is CC(CN(CC(=O)OC1CC(C)(C)N(C)C(C)(C)C1)C(C)CN(CC(=O)OC1CC(C)(C)N(C)C(C)(C)C1)CC(=O)OC1CC(C)(C)N(C)C(C)(C)C1)N(CC(=O)OC1CC(C)(C)N(C)C(C)(C)C1)CC(=O)OC1CC(C)(C)N(C)C(C)(C)C1. The molecule has 0 aliphatic carbocycles. The summed E-state index contributed by atoms with van der Waals surface area (Å²) in [5, 5.41) is 0. The van der Waals surface area contributed by atoms with Gasteiger partial charge in [-0.3, -0.25) is 63.2 Å². The third-order valence-electron chi connectivity index (χ3n) is 21.8. The van der Waals surface area contributed by atoms with Crippen molar-refractivity contribution in [2.45, 2.75) is 315 Å². The minimum atomic E-state index is -0.520. The first-order valence-electron chi connectivity index (χ1n) is 31.8. The van der Waals surface area contributed by atoms with Crippen molar-refractivity contribution in [2.75, 3.05) is 81.1 Å². The minimum absolute atomic E-state index is 0.136. The van der Waals surface area contributed by atoms with Gasteiger partial charge in [-0.25, -0.2) is 0 Å². The van der Waals surface area contributed by atoms with Crippen LogP contribution in [0.3, 0.4) is 0 Å². The van der Waals surface area contributed by atoms with Crippen LogP contribution in [0, 0.1) is 0 Å². The molecule has 0 aromatic rings. The van der Waals surface area contributed by atoms with Crippen LogP contribution in [0.4, 0.5) is 0 Å². The molecule has 5 fully saturated rings. The molecule has 486 valence electrons. The summed E-state index contributed by atoms with van der Waals surface area (Å²) in [6, 6.07) is -1.01. The zero-order valence-corrected chi connectivity index (χ0v) is 58.2. The third-order valence-corrected chi connectivity index (χ3v) is 21.8. The number of rotatable bonds is 21. The van der Waals surface area contributed by atoms with Gasteiger partial charge < -0.3 is 23.7 Å². The molecule has 0 aromatic carbocycles. The molecule has 5 heterocycles. The number of carbonyl (C=O) groups excluding carboxylic acids is 5. The monoisotopic (exact) mass is 1190 g/mol. The second kappa shape index (κ2) is 25.9. The lowest BCUT2D eigenvalue weighted by Gasteiger charge is -2.53. The van der Waals surface area contributed by atoms with Crippen LogP contribution in [0.25, 0.3) is 0 Å². The van der Waals surface area contributed by atoms with Crippen LogP contribution in [0.2, 0.25) is 0 Å². The largest absolute Gasteiger partial charge is 0.461 e. The van der Waals surface area contributed by atoms with Crippen molar-refractivity contribution in [3.63, 3.8) is 0 Å². The normalized spacial score (nSPS) is 26.6. The maximum Gasteiger partial charge on any atom is 0.320 e. The van der Waals surface area contributed by atoms with Crippen molar-refractivity contribution >= 4 is 29.8 Å². The molecule has 5 rings (SSSR count). The predicted molar refractivity (Wildman–Crippen MR) is 334 cm³/mol. The van der Waals surface area contributed by atoms with E-state index in [1.165, 1.54) is 0 Å². The van der Waals surface area contributed by atoms with Crippen LogP contribution in [0.15, 0.2) is 0 Å². The van der Waals surface area contributed by atoms with E-state index in [0.29, 0.717) is 64.2 Å². The Balaban J connectivity index is 1.49. The Labute approximate surface area is 510 Å². The van der Waals surface area contributed by atoms with Gasteiger partial charge in [-0.05, 0) is 188 Å². The Hall–Kier alpha value is -2.97. The summed E-state index contributed by atoms with van der Waals surface area (Å²) in [5.41, 5.74) is -2.31. The Morgan fingerprint density at radius 2 is 0.476 bits per heavy atom. The second-order valence-corrected chi connectivity index (χ2v) is 33.2. The molecule has 5 aliphatic rings. The van der Waals surface area contributed by atoms with Gasteiger partial charge in [-0.2, -0.15) is 0 Å². The summed E-state index contributed by atoms with van der Waals surface area (Å²) in [5.74, 6) is -2.19. The molecule has 0 spiro atoms. The number of nitrogens with zero attached hydrogens (tertiary/aromatic N) is 8. The van der Waals surface area contributed by atoms with Gasteiger partial charge >= 0.3 is 29.8 Å². The third kappa shape index (κ3) is 18.1. The first-order valence-corrected chi connectivity index (χ1v) is 31.8. The van der Waals surface area contributed by atoms with Crippen LogP contribution in [-0.4, -0.2) is 248 Å². The summed E-state index contributed by atoms with van der Waals surface area (Å²) in [6.07, 6.45) is 4.79. The molecule has 0 N–H and O–H groups in total. The topological polar surface area (TPSA) is 157 Å². The summed E-state index contributed by atoms with van der Waals surface area (Å²) >= 11 is 0.